The van der Waals surface area contributed by atoms with Crippen LogP contribution in [0.4, 0.5) is 0 Å². The van der Waals surface area contributed by atoms with E-state index in [1.54, 1.807) is 0 Å². The SMILES string of the molecule is Cc1oc2c(-c3ccc4c(c3)c3cc(-c5ccc6c(c5)c5ccccc5n6-c5ccccc5)ccc3n4-c3ccccc3)cccc2c1C. The van der Waals surface area contributed by atoms with Crippen LogP contribution in [0.2, 0.25) is 0 Å². The van der Waals surface area contributed by atoms with E-state index < -0.39 is 0 Å². The maximum atomic E-state index is 6.32. The minimum absolute atomic E-state index is 0.951. The highest BCUT2D eigenvalue weighted by molar-refractivity contribution is 6.13. The summed E-state index contributed by atoms with van der Waals surface area (Å²) in [5.41, 5.74) is 13.9. The molecule has 10 aromatic rings. The molecule has 3 heterocycles. The molecular formula is C46H32N2O. The van der Waals surface area contributed by atoms with E-state index in [2.05, 4.69) is 174 Å². The van der Waals surface area contributed by atoms with Crippen LogP contribution in [0, 0.1) is 13.8 Å². The summed E-state index contributed by atoms with van der Waals surface area (Å²) < 4.78 is 11.1. The third-order valence-corrected chi connectivity index (χ3v) is 10.3. The van der Waals surface area contributed by atoms with Gasteiger partial charge < -0.3 is 13.6 Å². The molecule has 0 N–H and O–H groups in total. The van der Waals surface area contributed by atoms with Gasteiger partial charge in [-0.25, -0.2) is 0 Å². The molecule has 232 valence electrons. The van der Waals surface area contributed by atoms with Crippen molar-refractivity contribution in [2.75, 3.05) is 0 Å². The first-order chi connectivity index (χ1) is 24.1. The van der Waals surface area contributed by atoms with E-state index in [9.17, 15) is 0 Å². The Labute approximate surface area is 283 Å². The van der Waals surface area contributed by atoms with Gasteiger partial charge >= 0.3 is 0 Å². The predicted octanol–water partition coefficient (Wildman–Crippen LogP) is 12.6. The first-order valence-corrected chi connectivity index (χ1v) is 16.9. The second-order valence-electron chi connectivity index (χ2n) is 13.0. The standard InChI is InChI=1S/C46H32N2O/c1-29-30(2)49-46-36(29)17-11-18-37(46)33-22-25-45-41(28-33)40-27-32(21-24-44(40)48(45)35-14-7-4-8-15-35)31-20-23-43-39(26-31)38-16-9-10-19-42(38)47(43)34-12-5-3-6-13-34/h3-28H,1-2H3. The molecule has 0 aliphatic heterocycles. The van der Waals surface area contributed by atoms with Gasteiger partial charge in [-0.05, 0) is 103 Å². The number of furan rings is 1. The lowest BCUT2D eigenvalue weighted by Crippen LogP contribution is -1.93. The number of fused-ring (bicyclic) bond motifs is 7. The molecule has 7 aromatic carbocycles. The molecule has 0 spiro atoms. The Hall–Kier alpha value is -6.32. The first-order valence-electron chi connectivity index (χ1n) is 16.9. The van der Waals surface area contributed by atoms with Crippen molar-refractivity contribution in [2.45, 2.75) is 13.8 Å². The summed E-state index contributed by atoms with van der Waals surface area (Å²) in [5.74, 6) is 0.970. The van der Waals surface area contributed by atoms with Gasteiger partial charge in [-0.1, -0.05) is 91.0 Å². The van der Waals surface area contributed by atoms with E-state index in [0.29, 0.717) is 0 Å². The fourth-order valence-corrected chi connectivity index (χ4v) is 7.82. The van der Waals surface area contributed by atoms with Crippen LogP contribution in [0.3, 0.4) is 0 Å². The van der Waals surface area contributed by atoms with E-state index in [-0.39, 0.29) is 0 Å². The van der Waals surface area contributed by atoms with Gasteiger partial charge in [0.25, 0.3) is 0 Å². The number of hydrogen-bond donors (Lipinski definition) is 0. The van der Waals surface area contributed by atoms with Gasteiger partial charge in [0.15, 0.2) is 0 Å². The lowest BCUT2D eigenvalue weighted by molar-refractivity contribution is 0.576. The lowest BCUT2D eigenvalue weighted by atomic mass is 9.98. The molecule has 3 aromatic heterocycles. The van der Waals surface area contributed by atoms with Crippen LogP contribution < -0.4 is 0 Å². The zero-order valence-corrected chi connectivity index (χ0v) is 27.3. The zero-order valence-electron chi connectivity index (χ0n) is 27.3. The van der Waals surface area contributed by atoms with Crippen LogP contribution in [0.1, 0.15) is 11.3 Å². The highest BCUT2D eigenvalue weighted by Crippen LogP contribution is 2.41. The number of benzene rings is 7. The average molecular weight is 629 g/mol. The highest BCUT2D eigenvalue weighted by Gasteiger charge is 2.18. The highest BCUT2D eigenvalue weighted by atomic mass is 16.3. The second-order valence-corrected chi connectivity index (χ2v) is 13.0. The van der Waals surface area contributed by atoms with Crippen LogP contribution in [-0.2, 0) is 0 Å². The first kappa shape index (κ1) is 27.8. The quantitative estimate of drug-likeness (QED) is 0.190. The largest absolute Gasteiger partial charge is 0.460 e. The monoisotopic (exact) mass is 628 g/mol. The molecular weight excluding hydrogens is 597 g/mol. The molecule has 0 amide bonds. The molecule has 0 saturated heterocycles. The van der Waals surface area contributed by atoms with Crippen LogP contribution in [0.5, 0.6) is 0 Å². The average Bonchev–Trinajstić information content (AvgIpc) is 3.77. The normalized spacial score (nSPS) is 11.9. The Morgan fingerprint density at radius 3 is 1.47 bits per heavy atom. The Balaban J connectivity index is 1.21. The number of para-hydroxylation sites is 4. The van der Waals surface area contributed by atoms with Crippen molar-refractivity contribution in [3.05, 3.63) is 169 Å². The molecule has 3 heteroatoms. The fourth-order valence-electron chi connectivity index (χ4n) is 7.82. The van der Waals surface area contributed by atoms with Crippen LogP contribution >= 0.6 is 0 Å². The molecule has 0 radical (unpaired) electrons. The second kappa shape index (κ2) is 10.6. The van der Waals surface area contributed by atoms with Crippen molar-refractivity contribution < 1.29 is 4.42 Å². The third kappa shape index (κ3) is 4.15. The molecule has 49 heavy (non-hydrogen) atoms. The van der Waals surface area contributed by atoms with E-state index in [1.165, 1.54) is 71.4 Å². The van der Waals surface area contributed by atoms with Gasteiger partial charge in [0.1, 0.15) is 11.3 Å². The number of hydrogen-bond acceptors (Lipinski definition) is 1. The maximum absolute atomic E-state index is 6.32. The Morgan fingerprint density at radius 2 is 0.857 bits per heavy atom. The summed E-state index contributed by atoms with van der Waals surface area (Å²) in [6, 6.07) is 57.2. The Bertz CT molecular complexity index is 2890. The summed E-state index contributed by atoms with van der Waals surface area (Å²) >= 11 is 0. The van der Waals surface area contributed by atoms with Crippen molar-refractivity contribution in [1.29, 1.82) is 0 Å². The fraction of sp³-hybridized carbons (Fsp3) is 0.0435. The molecule has 0 unspecified atom stereocenters. The predicted molar refractivity (Wildman–Crippen MR) is 205 cm³/mol. The van der Waals surface area contributed by atoms with Crippen LogP contribution in [-0.4, -0.2) is 9.13 Å². The van der Waals surface area contributed by atoms with Crippen molar-refractivity contribution in [2.24, 2.45) is 0 Å². The maximum Gasteiger partial charge on any atom is 0.142 e. The molecule has 0 saturated carbocycles. The van der Waals surface area contributed by atoms with E-state index in [4.69, 9.17) is 4.42 Å². The molecule has 0 aliphatic carbocycles. The van der Waals surface area contributed by atoms with Gasteiger partial charge in [-0.3, -0.25) is 0 Å². The molecule has 0 aliphatic rings. The van der Waals surface area contributed by atoms with Gasteiger partial charge in [0.05, 0.1) is 22.1 Å². The summed E-state index contributed by atoms with van der Waals surface area (Å²) in [5, 5.41) is 6.13. The van der Waals surface area contributed by atoms with E-state index in [1.807, 2.05) is 6.92 Å². The van der Waals surface area contributed by atoms with E-state index >= 15 is 0 Å². The van der Waals surface area contributed by atoms with Gasteiger partial charge in [0.2, 0.25) is 0 Å². The van der Waals surface area contributed by atoms with Crippen LogP contribution in [0.15, 0.2) is 162 Å². The van der Waals surface area contributed by atoms with Crippen LogP contribution in [0.25, 0.3) is 88.2 Å². The topological polar surface area (TPSA) is 23.0 Å². The summed E-state index contributed by atoms with van der Waals surface area (Å²) in [7, 11) is 0. The molecule has 10 rings (SSSR count). The lowest BCUT2D eigenvalue weighted by Gasteiger charge is -2.09. The number of aromatic nitrogens is 2. The summed E-state index contributed by atoms with van der Waals surface area (Å²) in [4.78, 5) is 0. The van der Waals surface area contributed by atoms with Crippen molar-refractivity contribution in [3.63, 3.8) is 0 Å². The molecule has 3 nitrogen and oxygen atoms in total. The smallest absolute Gasteiger partial charge is 0.142 e. The number of nitrogens with zero attached hydrogens (tertiary/aromatic N) is 2. The number of aryl methyl sites for hydroxylation is 2. The van der Waals surface area contributed by atoms with Gasteiger partial charge in [-0.2, -0.15) is 0 Å². The zero-order chi connectivity index (χ0) is 32.6. The van der Waals surface area contributed by atoms with Crippen molar-refractivity contribution in [3.8, 4) is 33.6 Å². The van der Waals surface area contributed by atoms with Crippen molar-refractivity contribution >= 4 is 54.6 Å². The molecule has 0 atom stereocenters. The summed E-state index contributed by atoms with van der Waals surface area (Å²) in [6.45, 7) is 4.19. The molecule has 0 bridgehead atoms. The molecule has 0 fully saturated rings. The third-order valence-electron chi connectivity index (χ3n) is 10.3. The van der Waals surface area contributed by atoms with Crippen molar-refractivity contribution in [1.82, 2.24) is 9.13 Å². The van der Waals surface area contributed by atoms with Gasteiger partial charge in [0, 0.05) is 43.9 Å². The van der Waals surface area contributed by atoms with E-state index in [0.717, 1.165) is 28.2 Å². The minimum atomic E-state index is 0.951. The Kier molecular flexibility index (Phi) is 6.00. The Morgan fingerprint density at radius 1 is 0.388 bits per heavy atom. The van der Waals surface area contributed by atoms with Gasteiger partial charge in [-0.15, -0.1) is 0 Å². The number of rotatable bonds is 4. The summed E-state index contributed by atoms with van der Waals surface area (Å²) in [6.07, 6.45) is 0. The minimum Gasteiger partial charge on any atom is -0.460 e.